The van der Waals surface area contributed by atoms with E-state index in [0.717, 1.165) is 41.0 Å². The van der Waals surface area contributed by atoms with Gasteiger partial charge in [-0.05, 0) is 42.2 Å². The Morgan fingerprint density at radius 3 is 2.83 bits per heavy atom. The molecule has 1 aliphatic rings. The van der Waals surface area contributed by atoms with Crippen LogP contribution in [0.5, 0.6) is 11.6 Å². The van der Waals surface area contributed by atoms with Crippen molar-refractivity contribution < 1.29 is 9.47 Å². The van der Waals surface area contributed by atoms with Crippen LogP contribution in [0.1, 0.15) is 47.2 Å². The lowest BCUT2D eigenvalue weighted by molar-refractivity contribution is 0.305. The summed E-state index contributed by atoms with van der Waals surface area (Å²) in [6.07, 6.45) is 1.76. The van der Waals surface area contributed by atoms with Crippen molar-refractivity contribution in [1.29, 1.82) is 5.26 Å². The fourth-order valence-corrected chi connectivity index (χ4v) is 3.80. The van der Waals surface area contributed by atoms with Crippen molar-refractivity contribution >= 4 is 0 Å². The Morgan fingerprint density at radius 1 is 1.23 bits per heavy atom. The largest absolute Gasteiger partial charge is 0.489 e. The minimum Gasteiger partial charge on any atom is -0.489 e. The van der Waals surface area contributed by atoms with E-state index in [0.29, 0.717) is 18.1 Å². The second kappa shape index (κ2) is 8.34. The van der Waals surface area contributed by atoms with Gasteiger partial charge in [-0.15, -0.1) is 5.10 Å². The number of hydrogen-bond donors (Lipinski definition) is 2. The van der Waals surface area contributed by atoms with Gasteiger partial charge in [-0.2, -0.15) is 5.26 Å². The smallest absolute Gasteiger partial charge is 0.244 e. The van der Waals surface area contributed by atoms with Crippen LogP contribution in [0.4, 0.5) is 0 Å². The van der Waals surface area contributed by atoms with Crippen LogP contribution in [0.15, 0.2) is 60.0 Å². The summed E-state index contributed by atoms with van der Waals surface area (Å²) in [5.41, 5.74) is 11.5. The van der Waals surface area contributed by atoms with E-state index in [4.69, 9.17) is 15.2 Å². The normalized spacial score (nSPS) is 15.3. The first kappa shape index (κ1) is 19.6. The van der Waals surface area contributed by atoms with Gasteiger partial charge in [0.1, 0.15) is 24.0 Å². The predicted octanol–water partition coefficient (Wildman–Crippen LogP) is 4.47. The number of nitrogens with one attached hydrogen (secondary N) is 1. The van der Waals surface area contributed by atoms with Crippen molar-refractivity contribution in [3.63, 3.8) is 0 Å². The minimum absolute atomic E-state index is 0.0933. The van der Waals surface area contributed by atoms with Gasteiger partial charge in [-0.25, -0.2) is 0 Å². The zero-order chi connectivity index (χ0) is 21.1. The molecule has 3 aromatic rings. The van der Waals surface area contributed by atoms with Crippen LogP contribution in [-0.4, -0.2) is 10.2 Å². The molecule has 0 radical (unpaired) electrons. The molecule has 152 valence electrons. The highest BCUT2D eigenvalue weighted by Gasteiger charge is 2.35. The van der Waals surface area contributed by atoms with Gasteiger partial charge in [0.15, 0.2) is 0 Å². The maximum Gasteiger partial charge on any atom is 0.244 e. The number of allylic oxidation sites excluding steroid dienone is 1. The summed E-state index contributed by atoms with van der Waals surface area (Å²) < 4.78 is 11.7. The number of H-pyrrole nitrogens is 1. The predicted molar refractivity (Wildman–Crippen MR) is 114 cm³/mol. The maximum absolute atomic E-state index is 9.80. The van der Waals surface area contributed by atoms with E-state index in [-0.39, 0.29) is 11.8 Å². The van der Waals surface area contributed by atoms with E-state index in [1.54, 1.807) is 0 Å². The van der Waals surface area contributed by atoms with Gasteiger partial charge in [-0.1, -0.05) is 49.7 Å². The Morgan fingerprint density at radius 2 is 2.07 bits per heavy atom. The molecule has 1 aliphatic heterocycles. The summed E-state index contributed by atoms with van der Waals surface area (Å²) in [5.74, 6) is 0.920. The van der Waals surface area contributed by atoms with Gasteiger partial charge >= 0.3 is 0 Å². The molecule has 0 saturated carbocycles. The van der Waals surface area contributed by atoms with Gasteiger partial charge < -0.3 is 15.2 Å². The molecular weight excluding hydrogens is 376 g/mol. The molecule has 2 aromatic carbocycles. The summed E-state index contributed by atoms with van der Waals surface area (Å²) in [6.45, 7) is 4.64. The van der Waals surface area contributed by atoms with Gasteiger partial charge in [0.2, 0.25) is 11.8 Å². The van der Waals surface area contributed by atoms with Crippen molar-refractivity contribution in [1.82, 2.24) is 10.2 Å². The fourth-order valence-electron chi connectivity index (χ4n) is 3.80. The number of nitrogens with two attached hydrogens (primary N) is 1. The molecule has 0 unspecified atom stereocenters. The number of rotatable bonds is 6. The highest BCUT2D eigenvalue weighted by atomic mass is 16.5. The fraction of sp³-hybridized carbons (Fsp3) is 0.250. The molecule has 30 heavy (non-hydrogen) atoms. The monoisotopic (exact) mass is 400 g/mol. The minimum atomic E-state index is -0.346. The number of fused-ring (bicyclic) bond motifs is 1. The van der Waals surface area contributed by atoms with Crippen LogP contribution in [0.25, 0.3) is 0 Å². The number of ether oxygens (including phenoxy) is 2. The van der Waals surface area contributed by atoms with Gasteiger partial charge in [-0.3, -0.25) is 5.10 Å². The number of benzene rings is 2. The highest BCUT2D eigenvalue weighted by Crippen LogP contribution is 2.43. The second-order valence-electron chi connectivity index (χ2n) is 7.38. The van der Waals surface area contributed by atoms with E-state index in [2.05, 4.69) is 42.2 Å². The van der Waals surface area contributed by atoms with Crippen molar-refractivity contribution in [2.24, 2.45) is 5.73 Å². The van der Waals surface area contributed by atoms with E-state index in [1.165, 1.54) is 5.56 Å². The van der Waals surface area contributed by atoms with Crippen molar-refractivity contribution in [3.05, 3.63) is 87.9 Å². The molecule has 1 aromatic heterocycles. The average molecular weight is 400 g/mol. The number of aryl methyl sites for hydroxylation is 2. The van der Waals surface area contributed by atoms with Crippen LogP contribution in [-0.2, 0) is 13.0 Å². The lowest BCUT2D eigenvalue weighted by atomic mass is 9.83. The molecule has 0 bridgehead atoms. The first-order valence-electron chi connectivity index (χ1n) is 10.0. The Hall–Kier alpha value is -3.72. The Balaban J connectivity index is 1.69. The van der Waals surface area contributed by atoms with E-state index in [9.17, 15) is 5.26 Å². The molecule has 6 heteroatoms. The van der Waals surface area contributed by atoms with Gasteiger partial charge in [0, 0.05) is 11.3 Å². The zero-order valence-electron chi connectivity index (χ0n) is 17.1. The molecule has 4 rings (SSSR count). The highest BCUT2D eigenvalue weighted by molar-refractivity contribution is 5.56. The topological polar surface area (TPSA) is 97.0 Å². The lowest BCUT2D eigenvalue weighted by Crippen LogP contribution is -2.21. The van der Waals surface area contributed by atoms with Crippen LogP contribution >= 0.6 is 0 Å². The average Bonchev–Trinajstić information content (AvgIpc) is 3.14. The van der Waals surface area contributed by atoms with Crippen molar-refractivity contribution in [2.45, 2.75) is 39.2 Å². The van der Waals surface area contributed by atoms with Crippen molar-refractivity contribution in [3.8, 4) is 17.7 Å². The summed E-state index contributed by atoms with van der Waals surface area (Å²) in [4.78, 5) is 0. The van der Waals surface area contributed by atoms with E-state index in [1.807, 2.05) is 36.4 Å². The second-order valence-corrected chi connectivity index (χ2v) is 7.38. The summed E-state index contributed by atoms with van der Waals surface area (Å²) >= 11 is 0. The molecule has 6 nitrogen and oxygen atoms in total. The molecule has 3 N–H and O–H groups in total. The zero-order valence-corrected chi connectivity index (χ0v) is 17.1. The molecule has 0 amide bonds. The summed E-state index contributed by atoms with van der Waals surface area (Å²) in [6, 6.07) is 18.2. The first-order valence-corrected chi connectivity index (χ1v) is 10.0. The third kappa shape index (κ3) is 3.62. The number of nitriles is 1. The number of hydrogen-bond acceptors (Lipinski definition) is 5. The number of nitrogens with zero attached hydrogens (tertiary/aromatic N) is 2. The van der Waals surface area contributed by atoms with Crippen LogP contribution in [0.3, 0.4) is 0 Å². The number of aromatic nitrogens is 2. The lowest BCUT2D eigenvalue weighted by Gasteiger charge is -2.24. The molecule has 1 atom stereocenters. The molecule has 0 saturated heterocycles. The van der Waals surface area contributed by atoms with E-state index >= 15 is 0 Å². The molecular formula is C24H24N4O2. The third-order valence-electron chi connectivity index (χ3n) is 5.36. The first-order chi connectivity index (χ1) is 14.6. The molecule has 0 spiro atoms. The van der Waals surface area contributed by atoms with Crippen LogP contribution < -0.4 is 15.2 Å². The molecule has 2 heterocycles. The maximum atomic E-state index is 9.80. The van der Waals surface area contributed by atoms with Gasteiger partial charge in [0.05, 0.1) is 5.92 Å². The Kier molecular flexibility index (Phi) is 5.44. The molecule has 0 aliphatic carbocycles. The van der Waals surface area contributed by atoms with Crippen molar-refractivity contribution in [2.75, 3.05) is 0 Å². The Bertz CT molecular complexity index is 1140. The standard InChI is InChI=1S/C24H24N4O2/c1-3-7-20-22-21(19(13-25)23(26)30-24(22)28-27-20)16-10-6-11-18(12-16)29-14-17-9-5-4-8-15(17)2/h4-6,8-12,21H,3,7,14,26H2,1-2H3,(H,27,28)/t21-/m0/s1. The molecule has 0 fully saturated rings. The SMILES string of the molecule is CCCc1[nH]nc2c1[C@@H](c1cccc(OCc3ccccc3C)c1)C(C#N)=C(N)O2. The third-order valence-corrected chi connectivity index (χ3v) is 5.36. The van der Waals surface area contributed by atoms with Crippen LogP contribution in [0.2, 0.25) is 0 Å². The van der Waals surface area contributed by atoms with Gasteiger partial charge in [0.25, 0.3) is 0 Å². The summed E-state index contributed by atoms with van der Waals surface area (Å²) in [5, 5.41) is 17.1. The summed E-state index contributed by atoms with van der Waals surface area (Å²) in [7, 11) is 0. The van der Waals surface area contributed by atoms with Crippen LogP contribution in [0, 0.1) is 18.3 Å². The Labute approximate surface area is 175 Å². The quantitative estimate of drug-likeness (QED) is 0.636. The number of aromatic amines is 1. The van der Waals surface area contributed by atoms with E-state index < -0.39 is 0 Å².